The maximum Gasteiger partial charge on any atom is 0.0547 e. The summed E-state index contributed by atoms with van der Waals surface area (Å²) < 4.78 is 11.5. The van der Waals surface area contributed by atoms with Gasteiger partial charge in [0, 0.05) is 19.1 Å². The van der Waals surface area contributed by atoms with E-state index in [4.69, 9.17) is 9.47 Å². The molecule has 1 unspecified atom stereocenters. The fourth-order valence-corrected chi connectivity index (χ4v) is 3.56. The van der Waals surface area contributed by atoms with Crippen LogP contribution in [0.3, 0.4) is 0 Å². The molecule has 120 valence electrons. The molecule has 0 bridgehead atoms. The van der Waals surface area contributed by atoms with E-state index in [-0.39, 0.29) is 5.41 Å². The van der Waals surface area contributed by atoms with Crippen LogP contribution in [0.4, 0.5) is 0 Å². The van der Waals surface area contributed by atoms with Gasteiger partial charge < -0.3 is 9.47 Å². The summed E-state index contributed by atoms with van der Waals surface area (Å²) in [6.45, 7) is 11.7. The van der Waals surface area contributed by atoms with E-state index in [1.54, 1.807) is 0 Å². The quantitative estimate of drug-likeness (QED) is 0.620. The third-order valence-corrected chi connectivity index (χ3v) is 4.87. The Bertz CT molecular complexity index is 251. The molecule has 0 radical (unpaired) electrons. The van der Waals surface area contributed by atoms with Gasteiger partial charge in [-0.3, -0.25) is 0 Å². The maximum absolute atomic E-state index is 5.89. The van der Waals surface area contributed by atoms with Crippen molar-refractivity contribution in [3.8, 4) is 0 Å². The lowest BCUT2D eigenvalue weighted by Gasteiger charge is -2.43. The molecule has 1 aliphatic carbocycles. The first-order chi connectivity index (χ1) is 9.43. The van der Waals surface area contributed by atoms with E-state index in [1.807, 2.05) is 7.11 Å². The molecule has 0 spiro atoms. The van der Waals surface area contributed by atoms with E-state index < -0.39 is 0 Å². The lowest BCUT2D eigenvalue weighted by Crippen LogP contribution is -2.41. The largest absolute Gasteiger partial charge is 0.384 e. The van der Waals surface area contributed by atoms with Crippen molar-refractivity contribution in [3.63, 3.8) is 0 Å². The smallest absolute Gasteiger partial charge is 0.0547 e. The van der Waals surface area contributed by atoms with Crippen LogP contribution in [0.2, 0.25) is 0 Å². The van der Waals surface area contributed by atoms with E-state index in [0.717, 1.165) is 25.7 Å². The molecule has 2 nitrogen and oxygen atoms in total. The van der Waals surface area contributed by atoms with Crippen molar-refractivity contribution in [2.75, 3.05) is 26.9 Å². The minimum atomic E-state index is 0.235. The molecule has 1 fully saturated rings. The standard InChI is InChI=1S/C18H36O2/c1-6-20-15-18(14-19-5,13-12-17(2,3)4)16-10-8-7-9-11-16/h16H,6-15H2,1-5H3. The Kier molecular flexibility index (Phi) is 7.53. The molecule has 2 heteroatoms. The molecule has 1 rings (SSSR count). The molecule has 1 saturated carbocycles. The van der Waals surface area contributed by atoms with Gasteiger partial charge in [-0.25, -0.2) is 0 Å². The van der Waals surface area contributed by atoms with Gasteiger partial charge in [-0.2, -0.15) is 0 Å². The van der Waals surface area contributed by atoms with Crippen LogP contribution in [0.25, 0.3) is 0 Å². The summed E-state index contributed by atoms with van der Waals surface area (Å²) in [7, 11) is 1.85. The van der Waals surface area contributed by atoms with E-state index in [2.05, 4.69) is 27.7 Å². The minimum absolute atomic E-state index is 0.235. The van der Waals surface area contributed by atoms with Crippen LogP contribution in [0.15, 0.2) is 0 Å². The van der Waals surface area contributed by atoms with Crippen molar-refractivity contribution >= 4 is 0 Å². The molecular weight excluding hydrogens is 248 g/mol. The van der Waals surface area contributed by atoms with E-state index >= 15 is 0 Å². The molecule has 0 aromatic carbocycles. The summed E-state index contributed by atoms with van der Waals surface area (Å²) in [5, 5.41) is 0. The van der Waals surface area contributed by atoms with E-state index in [9.17, 15) is 0 Å². The highest BCUT2D eigenvalue weighted by atomic mass is 16.5. The third kappa shape index (κ3) is 5.73. The highest BCUT2D eigenvalue weighted by Crippen LogP contribution is 2.44. The van der Waals surface area contributed by atoms with E-state index in [1.165, 1.54) is 44.9 Å². The summed E-state index contributed by atoms with van der Waals surface area (Å²) in [6.07, 6.45) is 9.39. The van der Waals surface area contributed by atoms with Crippen molar-refractivity contribution in [2.45, 2.75) is 72.6 Å². The third-order valence-electron chi connectivity index (χ3n) is 4.87. The molecular formula is C18H36O2. The Morgan fingerprint density at radius 2 is 1.60 bits per heavy atom. The zero-order valence-corrected chi connectivity index (χ0v) is 14.5. The fraction of sp³-hybridized carbons (Fsp3) is 1.00. The second kappa shape index (κ2) is 8.38. The molecule has 1 aliphatic rings. The first-order valence-corrected chi connectivity index (χ1v) is 8.50. The molecule has 0 heterocycles. The number of methoxy groups -OCH3 is 1. The van der Waals surface area contributed by atoms with Crippen LogP contribution in [0, 0.1) is 16.7 Å². The minimum Gasteiger partial charge on any atom is -0.384 e. The molecule has 1 atom stereocenters. The van der Waals surface area contributed by atoms with Gasteiger partial charge in [-0.1, -0.05) is 40.0 Å². The maximum atomic E-state index is 5.89. The normalized spacial score (nSPS) is 20.9. The van der Waals surface area contributed by atoms with Crippen molar-refractivity contribution in [2.24, 2.45) is 16.7 Å². The number of rotatable bonds is 8. The predicted molar refractivity (Wildman–Crippen MR) is 86.1 cm³/mol. The average molecular weight is 284 g/mol. The van der Waals surface area contributed by atoms with Gasteiger partial charge in [-0.15, -0.1) is 0 Å². The summed E-state index contributed by atoms with van der Waals surface area (Å²) in [5.74, 6) is 0.782. The highest BCUT2D eigenvalue weighted by molar-refractivity contribution is 4.89. The first kappa shape index (κ1) is 18.0. The second-order valence-electron chi connectivity index (χ2n) is 7.83. The molecule has 20 heavy (non-hydrogen) atoms. The SMILES string of the molecule is CCOCC(CCC(C)(C)C)(COC)C1CCCCC1. The van der Waals surface area contributed by atoms with Gasteiger partial charge in [0.25, 0.3) is 0 Å². The lowest BCUT2D eigenvalue weighted by molar-refractivity contribution is -0.0612. The van der Waals surface area contributed by atoms with Crippen LogP contribution >= 0.6 is 0 Å². The van der Waals surface area contributed by atoms with Crippen LogP contribution in [0.1, 0.15) is 72.6 Å². The fourth-order valence-electron chi connectivity index (χ4n) is 3.56. The Morgan fingerprint density at radius 3 is 2.10 bits per heavy atom. The zero-order chi connectivity index (χ0) is 15.1. The summed E-state index contributed by atoms with van der Waals surface area (Å²) >= 11 is 0. The number of hydrogen-bond donors (Lipinski definition) is 0. The molecule has 0 aliphatic heterocycles. The van der Waals surface area contributed by atoms with Crippen LogP contribution in [0.5, 0.6) is 0 Å². The summed E-state index contributed by atoms with van der Waals surface area (Å²) in [4.78, 5) is 0. The van der Waals surface area contributed by atoms with Crippen molar-refractivity contribution in [1.82, 2.24) is 0 Å². The lowest BCUT2D eigenvalue weighted by atomic mass is 9.65. The number of hydrogen-bond acceptors (Lipinski definition) is 2. The van der Waals surface area contributed by atoms with Gasteiger partial charge in [0.1, 0.15) is 0 Å². The van der Waals surface area contributed by atoms with Gasteiger partial charge in [-0.05, 0) is 43.9 Å². The topological polar surface area (TPSA) is 18.5 Å². The second-order valence-corrected chi connectivity index (χ2v) is 7.83. The number of ether oxygens (including phenoxy) is 2. The molecule has 0 N–H and O–H groups in total. The van der Waals surface area contributed by atoms with E-state index in [0.29, 0.717) is 5.41 Å². The molecule has 0 amide bonds. The van der Waals surface area contributed by atoms with Gasteiger partial charge in [0.2, 0.25) is 0 Å². The molecule has 0 aromatic heterocycles. The Balaban J connectivity index is 2.80. The van der Waals surface area contributed by atoms with Crippen molar-refractivity contribution < 1.29 is 9.47 Å². The van der Waals surface area contributed by atoms with Crippen LogP contribution in [-0.2, 0) is 9.47 Å². The average Bonchev–Trinajstić information content (AvgIpc) is 2.42. The van der Waals surface area contributed by atoms with Crippen molar-refractivity contribution in [3.05, 3.63) is 0 Å². The van der Waals surface area contributed by atoms with Crippen LogP contribution in [-0.4, -0.2) is 26.9 Å². The predicted octanol–water partition coefficient (Wildman–Crippen LogP) is 5.06. The first-order valence-electron chi connectivity index (χ1n) is 8.50. The van der Waals surface area contributed by atoms with Gasteiger partial charge in [0.15, 0.2) is 0 Å². The monoisotopic (exact) mass is 284 g/mol. The Morgan fingerprint density at radius 1 is 0.950 bits per heavy atom. The summed E-state index contributed by atoms with van der Waals surface area (Å²) in [6, 6.07) is 0. The van der Waals surface area contributed by atoms with Gasteiger partial charge in [0.05, 0.1) is 13.2 Å². The Hall–Kier alpha value is -0.0800. The zero-order valence-electron chi connectivity index (χ0n) is 14.5. The molecule has 0 aromatic rings. The molecule has 0 saturated heterocycles. The Labute approximate surface area is 126 Å². The van der Waals surface area contributed by atoms with Crippen LogP contribution < -0.4 is 0 Å². The van der Waals surface area contributed by atoms with Gasteiger partial charge >= 0.3 is 0 Å². The summed E-state index contributed by atoms with van der Waals surface area (Å²) in [5.41, 5.74) is 0.623. The van der Waals surface area contributed by atoms with Crippen molar-refractivity contribution in [1.29, 1.82) is 0 Å². The highest BCUT2D eigenvalue weighted by Gasteiger charge is 2.40.